The van der Waals surface area contributed by atoms with E-state index >= 15 is 0 Å². The van der Waals surface area contributed by atoms with Gasteiger partial charge >= 0.3 is 6.09 Å². The van der Waals surface area contributed by atoms with Gasteiger partial charge < -0.3 is 14.8 Å². The van der Waals surface area contributed by atoms with E-state index in [9.17, 15) is 14.4 Å². The lowest BCUT2D eigenvalue weighted by atomic mass is 9.93. The summed E-state index contributed by atoms with van der Waals surface area (Å²) in [4.78, 5) is 39.3. The van der Waals surface area contributed by atoms with Crippen molar-refractivity contribution in [1.82, 2.24) is 5.32 Å². The van der Waals surface area contributed by atoms with Crippen LogP contribution in [0.15, 0.2) is 23.3 Å². The van der Waals surface area contributed by atoms with E-state index in [0.29, 0.717) is 46.0 Å². The number of anilines is 1. The first kappa shape index (κ1) is 19.8. The van der Waals surface area contributed by atoms with Gasteiger partial charge in [-0.2, -0.15) is 0 Å². The maximum atomic E-state index is 13.0. The van der Waals surface area contributed by atoms with Crippen molar-refractivity contribution < 1.29 is 23.9 Å². The van der Waals surface area contributed by atoms with Gasteiger partial charge in [0.15, 0.2) is 5.75 Å². The third-order valence-electron chi connectivity index (χ3n) is 5.64. The van der Waals surface area contributed by atoms with Crippen LogP contribution in [0.2, 0.25) is 5.02 Å². The lowest BCUT2D eigenvalue weighted by molar-refractivity contribution is -0.120. The Hall–Kier alpha value is -2.54. The zero-order valence-corrected chi connectivity index (χ0v) is 17.4. The molecule has 1 aliphatic carbocycles. The van der Waals surface area contributed by atoms with Crippen molar-refractivity contribution in [3.05, 3.63) is 33.9 Å². The number of amides is 3. The molecular formula is C21H23ClN2O5. The molecule has 154 valence electrons. The summed E-state index contributed by atoms with van der Waals surface area (Å²) in [6.45, 7) is 5.56. The van der Waals surface area contributed by atoms with E-state index in [1.807, 2.05) is 0 Å². The highest BCUT2D eigenvalue weighted by atomic mass is 35.5. The molecule has 0 spiro atoms. The number of benzene rings is 1. The smallest absolute Gasteiger partial charge is 0.407 e. The standard InChI is InChI=1S/C21H23ClN2O5/c1-4-28-20(27)23-17-15-13(22)9-10-14(16(15)29-21(17,2)3)24-18(25)11-7-5-6-8-12(11)19(24)26/h9-10,17H,4-8H2,1-3H3,(H,23,27). The average molecular weight is 419 g/mol. The number of halogens is 1. The lowest BCUT2D eigenvalue weighted by Gasteiger charge is -2.27. The molecule has 2 heterocycles. The predicted molar refractivity (Wildman–Crippen MR) is 107 cm³/mol. The molecule has 0 aromatic heterocycles. The van der Waals surface area contributed by atoms with Gasteiger partial charge in [-0.1, -0.05) is 11.6 Å². The van der Waals surface area contributed by atoms with Crippen molar-refractivity contribution in [2.75, 3.05) is 11.5 Å². The zero-order valence-electron chi connectivity index (χ0n) is 16.6. The second kappa shape index (κ2) is 7.06. The minimum Gasteiger partial charge on any atom is -0.483 e. The fourth-order valence-electron chi connectivity index (χ4n) is 4.28. The minimum atomic E-state index is -0.853. The molecule has 0 bridgehead atoms. The molecule has 2 aliphatic heterocycles. The maximum absolute atomic E-state index is 13.0. The van der Waals surface area contributed by atoms with Crippen LogP contribution in [0.25, 0.3) is 0 Å². The van der Waals surface area contributed by atoms with E-state index in [1.54, 1.807) is 32.9 Å². The van der Waals surface area contributed by atoms with Crippen molar-refractivity contribution in [2.45, 2.75) is 58.1 Å². The van der Waals surface area contributed by atoms with E-state index in [4.69, 9.17) is 21.1 Å². The highest BCUT2D eigenvalue weighted by Crippen LogP contribution is 2.52. The maximum Gasteiger partial charge on any atom is 0.407 e. The monoisotopic (exact) mass is 418 g/mol. The number of hydrogen-bond acceptors (Lipinski definition) is 5. The second-order valence-electron chi connectivity index (χ2n) is 7.92. The van der Waals surface area contributed by atoms with Crippen LogP contribution in [-0.2, 0) is 14.3 Å². The van der Waals surface area contributed by atoms with Crippen molar-refractivity contribution in [3.8, 4) is 5.75 Å². The number of rotatable bonds is 3. The fourth-order valence-corrected chi connectivity index (χ4v) is 4.54. The Morgan fingerprint density at radius 1 is 1.24 bits per heavy atom. The first-order valence-electron chi connectivity index (χ1n) is 9.81. The quantitative estimate of drug-likeness (QED) is 0.749. The van der Waals surface area contributed by atoms with Crippen LogP contribution in [0, 0.1) is 0 Å². The third-order valence-corrected chi connectivity index (χ3v) is 5.97. The summed E-state index contributed by atoms with van der Waals surface area (Å²) in [5.41, 5.74) is 1.24. The van der Waals surface area contributed by atoms with Crippen molar-refractivity contribution in [2.24, 2.45) is 0 Å². The average Bonchev–Trinajstić information content (AvgIpc) is 3.08. The number of fused-ring (bicyclic) bond motifs is 1. The fraction of sp³-hybridized carbons (Fsp3) is 0.476. The summed E-state index contributed by atoms with van der Waals surface area (Å²) in [5.74, 6) is -0.249. The third kappa shape index (κ3) is 3.08. The number of carbonyl (C=O) groups is 3. The first-order valence-corrected chi connectivity index (χ1v) is 10.2. The predicted octanol–water partition coefficient (Wildman–Crippen LogP) is 4.04. The van der Waals surface area contributed by atoms with Crippen molar-refractivity contribution in [3.63, 3.8) is 0 Å². The lowest BCUT2D eigenvalue weighted by Crippen LogP contribution is -2.42. The van der Waals surface area contributed by atoms with Crippen LogP contribution in [0.1, 0.15) is 58.1 Å². The van der Waals surface area contributed by atoms with Gasteiger partial charge in [0.25, 0.3) is 11.8 Å². The molecule has 8 heteroatoms. The molecule has 0 saturated carbocycles. The first-order chi connectivity index (χ1) is 13.8. The van der Waals surface area contributed by atoms with Crippen molar-refractivity contribution in [1.29, 1.82) is 0 Å². The summed E-state index contributed by atoms with van der Waals surface area (Å²) < 4.78 is 11.1. The molecule has 0 radical (unpaired) electrons. The van der Waals surface area contributed by atoms with Crippen LogP contribution < -0.4 is 15.0 Å². The van der Waals surface area contributed by atoms with E-state index in [0.717, 1.165) is 12.8 Å². The number of hydrogen-bond donors (Lipinski definition) is 1. The zero-order chi connectivity index (χ0) is 20.9. The molecule has 7 nitrogen and oxygen atoms in total. The molecule has 29 heavy (non-hydrogen) atoms. The summed E-state index contributed by atoms with van der Waals surface area (Å²) >= 11 is 6.45. The Bertz CT molecular complexity index is 925. The molecule has 0 saturated heterocycles. The molecule has 1 atom stereocenters. The summed E-state index contributed by atoms with van der Waals surface area (Å²) in [5, 5.41) is 3.17. The molecule has 1 unspecified atom stereocenters. The van der Waals surface area contributed by atoms with Crippen LogP contribution in [0.3, 0.4) is 0 Å². The molecule has 4 rings (SSSR count). The largest absolute Gasteiger partial charge is 0.483 e. The highest BCUT2D eigenvalue weighted by molar-refractivity contribution is 6.34. The summed E-state index contributed by atoms with van der Waals surface area (Å²) in [7, 11) is 0. The number of imide groups is 1. The van der Waals surface area contributed by atoms with Crippen LogP contribution in [0.4, 0.5) is 10.5 Å². The Kier molecular flexibility index (Phi) is 4.81. The SMILES string of the molecule is CCOC(=O)NC1c2c(Cl)ccc(N3C(=O)C4=C(CCCC4)C3=O)c2OC1(C)C. The van der Waals surface area contributed by atoms with Crippen LogP contribution in [-0.4, -0.2) is 30.1 Å². The molecule has 3 amide bonds. The van der Waals surface area contributed by atoms with E-state index in [1.165, 1.54) is 4.90 Å². The molecule has 3 aliphatic rings. The van der Waals surface area contributed by atoms with Gasteiger partial charge in [0.2, 0.25) is 0 Å². The van der Waals surface area contributed by atoms with Crippen LogP contribution >= 0.6 is 11.6 Å². The highest BCUT2D eigenvalue weighted by Gasteiger charge is 2.48. The van der Waals surface area contributed by atoms with Gasteiger partial charge in [0.1, 0.15) is 11.6 Å². The Labute approximate surface area is 174 Å². The summed E-state index contributed by atoms with van der Waals surface area (Å²) in [6, 6.07) is 2.65. The number of carbonyl (C=O) groups excluding carboxylic acids is 3. The summed E-state index contributed by atoms with van der Waals surface area (Å²) in [6.07, 6.45) is 2.45. The van der Waals surface area contributed by atoms with Gasteiger partial charge in [-0.15, -0.1) is 0 Å². The Morgan fingerprint density at radius 2 is 1.86 bits per heavy atom. The topological polar surface area (TPSA) is 84.9 Å². The molecular weight excluding hydrogens is 396 g/mol. The number of nitrogens with one attached hydrogen (secondary N) is 1. The number of alkyl carbamates (subject to hydrolysis) is 1. The van der Waals surface area contributed by atoms with Gasteiger partial charge in [-0.25, -0.2) is 9.69 Å². The van der Waals surface area contributed by atoms with Crippen LogP contribution in [0.5, 0.6) is 5.75 Å². The number of nitrogens with zero attached hydrogens (tertiary/aromatic N) is 1. The van der Waals surface area contributed by atoms with E-state index in [2.05, 4.69) is 5.32 Å². The van der Waals surface area contributed by atoms with Gasteiger partial charge in [-0.3, -0.25) is 9.59 Å². The normalized spacial score (nSPS) is 22.3. The molecule has 1 aromatic rings. The minimum absolute atomic E-state index is 0.231. The molecule has 1 aromatic carbocycles. The number of ether oxygens (including phenoxy) is 2. The van der Waals surface area contributed by atoms with Gasteiger partial charge in [0.05, 0.1) is 12.3 Å². The molecule has 0 fully saturated rings. The Morgan fingerprint density at radius 3 is 2.45 bits per heavy atom. The van der Waals surface area contributed by atoms with Crippen molar-refractivity contribution >= 4 is 35.2 Å². The van der Waals surface area contributed by atoms with Gasteiger partial charge in [0, 0.05) is 21.7 Å². The Balaban J connectivity index is 1.76. The van der Waals surface area contributed by atoms with E-state index in [-0.39, 0.29) is 18.4 Å². The van der Waals surface area contributed by atoms with E-state index < -0.39 is 17.7 Å². The molecule has 1 N–H and O–H groups in total. The van der Waals surface area contributed by atoms with Gasteiger partial charge in [-0.05, 0) is 58.6 Å². The second-order valence-corrected chi connectivity index (χ2v) is 8.33.